The van der Waals surface area contributed by atoms with Crippen LogP contribution in [0.5, 0.6) is 0 Å². The third-order valence-corrected chi connectivity index (χ3v) is 3.33. The average molecular weight is 293 g/mol. The number of rotatable bonds is 0. The maximum atomic E-state index is 11.5. The lowest BCUT2D eigenvalue weighted by atomic mass is 10.2. The summed E-state index contributed by atoms with van der Waals surface area (Å²) in [6.07, 6.45) is 1.54. The van der Waals surface area contributed by atoms with E-state index in [-0.39, 0.29) is 5.56 Å². The number of halogens is 3. The molecule has 0 aliphatic rings. The lowest BCUT2D eigenvalue weighted by molar-refractivity contribution is 1.27. The molecule has 0 aliphatic carbocycles. The molecule has 2 nitrogen and oxygen atoms in total. The number of H-pyrrole nitrogens is 1. The molecule has 0 fully saturated rings. The molecule has 72 valence electrons. The van der Waals surface area contributed by atoms with Gasteiger partial charge in [-0.25, -0.2) is 0 Å². The van der Waals surface area contributed by atoms with E-state index in [9.17, 15) is 4.79 Å². The smallest absolute Gasteiger partial charge is 0.257 e. The summed E-state index contributed by atoms with van der Waals surface area (Å²) in [5.41, 5.74) is -0.187. The number of aromatic amines is 1. The van der Waals surface area contributed by atoms with Crippen LogP contribution < -0.4 is 5.56 Å². The standard InChI is InChI=1S/C9H4BrCl2NO/c10-5-3-6(11)8(12)4-1-2-13-9(14)7(4)5/h1-3H,(H,13,14). The van der Waals surface area contributed by atoms with E-state index in [1.165, 1.54) is 0 Å². The summed E-state index contributed by atoms with van der Waals surface area (Å²) in [5, 5.41) is 1.99. The zero-order valence-corrected chi connectivity index (χ0v) is 9.87. The molecule has 0 saturated carbocycles. The van der Waals surface area contributed by atoms with Gasteiger partial charge in [-0.2, -0.15) is 0 Å². The first-order chi connectivity index (χ1) is 6.61. The van der Waals surface area contributed by atoms with Gasteiger partial charge < -0.3 is 4.98 Å². The lowest BCUT2D eigenvalue weighted by Gasteiger charge is -2.03. The SMILES string of the molecule is O=c1[nH]ccc2c(Cl)c(Cl)cc(Br)c12. The van der Waals surface area contributed by atoms with Gasteiger partial charge in [0, 0.05) is 16.1 Å². The topological polar surface area (TPSA) is 32.9 Å². The minimum Gasteiger partial charge on any atom is -0.329 e. The van der Waals surface area contributed by atoms with E-state index in [1.807, 2.05) is 0 Å². The van der Waals surface area contributed by atoms with Crippen LogP contribution in [0.1, 0.15) is 0 Å². The van der Waals surface area contributed by atoms with Crippen LogP contribution in [0.15, 0.2) is 27.6 Å². The molecule has 1 aromatic carbocycles. The highest BCUT2D eigenvalue weighted by molar-refractivity contribution is 9.10. The van der Waals surface area contributed by atoms with Crippen molar-refractivity contribution in [2.45, 2.75) is 0 Å². The first-order valence-electron chi connectivity index (χ1n) is 3.76. The summed E-state index contributed by atoms with van der Waals surface area (Å²) in [7, 11) is 0. The molecule has 14 heavy (non-hydrogen) atoms. The number of benzene rings is 1. The van der Waals surface area contributed by atoms with Crippen LogP contribution in [0.3, 0.4) is 0 Å². The first-order valence-corrected chi connectivity index (χ1v) is 5.31. The van der Waals surface area contributed by atoms with E-state index >= 15 is 0 Å². The summed E-state index contributed by atoms with van der Waals surface area (Å²) in [5.74, 6) is 0. The van der Waals surface area contributed by atoms with Crippen LogP contribution in [-0.2, 0) is 0 Å². The molecule has 0 aliphatic heterocycles. The lowest BCUT2D eigenvalue weighted by Crippen LogP contribution is -2.05. The maximum absolute atomic E-state index is 11.5. The largest absolute Gasteiger partial charge is 0.329 e. The summed E-state index contributed by atoms with van der Waals surface area (Å²) in [4.78, 5) is 14.1. The molecular weight excluding hydrogens is 289 g/mol. The van der Waals surface area contributed by atoms with Crippen molar-refractivity contribution in [1.29, 1.82) is 0 Å². The second-order valence-corrected chi connectivity index (χ2v) is 4.39. The minimum absolute atomic E-state index is 0.187. The van der Waals surface area contributed by atoms with Crippen LogP contribution >= 0.6 is 39.1 Å². The van der Waals surface area contributed by atoms with Crippen molar-refractivity contribution in [1.82, 2.24) is 4.98 Å². The third-order valence-electron chi connectivity index (χ3n) is 1.90. The Balaban J connectivity index is 3.10. The fraction of sp³-hybridized carbons (Fsp3) is 0. The van der Waals surface area contributed by atoms with Gasteiger partial charge >= 0.3 is 0 Å². The molecule has 0 amide bonds. The van der Waals surface area contributed by atoms with E-state index < -0.39 is 0 Å². The van der Waals surface area contributed by atoms with Crippen LogP contribution in [0, 0.1) is 0 Å². The maximum Gasteiger partial charge on any atom is 0.257 e. The van der Waals surface area contributed by atoms with Crippen molar-refractivity contribution in [3.8, 4) is 0 Å². The van der Waals surface area contributed by atoms with Crippen LogP contribution in [-0.4, -0.2) is 4.98 Å². The highest BCUT2D eigenvalue weighted by Gasteiger charge is 2.09. The quantitative estimate of drug-likeness (QED) is 0.740. The van der Waals surface area contributed by atoms with Crippen molar-refractivity contribution in [2.75, 3.05) is 0 Å². The van der Waals surface area contributed by atoms with Gasteiger partial charge in [0.1, 0.15) is 0 Å². The highest BCUT2D eigenvalue weighted by Crippen LogP contribution is 2.33. The van der Waals surface area contributed by atoms with Crippen molar-refractivity contribution >= 4 is 49.9 Å². The van der Waals surface area contributed by atoms with Crippen molar-refractivity contribution in [3.05, 3.63) is 43.2 Å². The summed E-state index contributed by atoms with van der Waals surface area (Å²) in [6.45, 7) is 0. The molecule has 0 atom stereocenters. The van der Waals surface area contributed by atoms with Gasteiger partial charge in [-0.15, -0.1) is 0 Å². The molecule has 1 heterocycles. The van der Waals surface area contributed by atoms with Crippen LogP contribution in [0.4, 0.5) is 0 Å². The normalized spacial score (nSPS) is 10.8. The third kappa shape index (κ3) is 1.45. The Bertz CT molecular complexity index is 564. The Labute approximate surface area is 98.0 Å². The van der Waals surface area contributed by atoms with Crippen LogP contribution in [0.25, 0.3) is 10.8 Å². The van der Waals surface area contributed by atoms with Crippen molar-refractivity contribution in [2.24, 2.45) is 0 Å². The molecular formula is C9H4BrCl2NO. The Hall–Kier alpha value is -0.510. The predicted molar refractivity (Wildman–Crippen MR) is 62.3 cm³/mol. The van der Waals surface area contributed by atoms with Crippen molar-refractivity contribution in [3.63, 3.8) is 0 Å². The predicted octanol–water partition coefficient (Wildman–Crippen LogP) is 3.60. The molecule has 0 radical (unpaired) electrons. The average Bonchev–Trinajstić information content (AvgIpc) is 2.14. The number of nitrogens with one attached hydrogen (secondary N) is 1. The number of pyridine rings is 1. The van der Waals surface area contributed by atoms with E-state index in [0.29, 0.717) is 25.3 Å². The van der Waals surface area contributed by atoms with Gasteiger partial charge in [0.2, 0.25) is 0 Å². The Morgan fingerprint density at radius 1 is 1.36 bits per heavy atom. The summed E-state index contributed by atoms with van der Waals surface area (Å²) in [6, 6.07) is 3.33. The first kappa shape index (κ1) is 10.0. The van der Waals surface area contributed by atoms with Crippen molar-refractivity contribution < 1.29 is 0 Å². The highest BCUT2D eigenvalue weighted by atomic mass is 79.9. The monoisotopic (exact) mass is 291 g/mol. The molecule has 0 spiro atoms. The number of fused-ring (bicyclic) bond motifs is 1. The van der Waals surface area contributed by atoms with E-state index in [0.717, 1.165) is 0 Å². The van der Waals surface area contributed by atoms with Gasteiger partial charge in [0.15, 0.2) is 0 Å². The number of aromatic nitrogens is 1. The van der Waals surface area contributed by atoms with Gasteiger partial charge in [-0.3, -0.25) is 4.79 Å². The van der Waals surface area contributed by atoms with Gasteiger partial charge in [-0.1, -0.05) is 23.2 Å². The fourth-order valence-corrected chi connectivity index (χ4v) is 2.45. The molecule has 5 heteroatoms. The zero-order valence-electron chi connectivity index (χ0n) is 6.77. The molecule has 0 saturated heterocycles. The van der Waals surface area contributed by atoms with Gasteiger partial charge in [-0.05, 0) is 28.1 Å². The zero-order chi connectivity index (χ0) is 10.3. The summed E-state index contributed by atoms with van der Waals surface area (Å²) < 4.78 is 0.642. The van der Waals surface area contributed by atoms with E-state index in [4.69, 9.17) is 23.2 Å². The molecule has 1 N–H and O–H groups in total. The Kier molecular flexibility index (Phi) is 2.56. The second-order valence-electron chi connectivity index (χ2n) is 2.75. The van der Waals surface area contributed by atoms with E-state index in [2.05, 4.69) is 20.9 Å². The molecule has 2 aromatic rings. The van der Waals surface area contributed by atoms with Crippen LogP contribution in [0.2, 0.25) is 10.0 Å². The van der Waals surface area contributed by atoms with Gasteiger partial charge in [0.25, 0.3) is 5.56 Å². The minimum atomic E-state index is -0.187. The molecule has 0 bridgehead atoms. The summed E-state index contributed by atoms with van der Waals surface area (Å²) >= 11 is 15.1. The van der Waals surface area contributed by atoms with E-state index in [1.54, 1.807) is 18.3 Å². The second kappa shape index (κ2) is 3.57. The fourth-order valence-electron chi connectivity index (χ4n) is 1.27. The Morgan fingerprint density at radius 3 is 2.79 bits per heavy atom. The molecule has 0 unspecified atom stereocenters. The number of hydrogen-bond donors (Lipinski definition) is 1. The van der Waals surface area contributed by atoms with Gasteiger partial charge in [0.05, 0.1) is 15.4 Å². The number of hydrogen-bond acceptors (Lipinski definition) is 1. The molecule has 1 aromatic heterocycles. The molecule has 2 rings (SSSR count). The Morgan fingerprint density at radius 2 is 2.07 bits per heavy atom.